The molecule has 4 N–H and O–H groups in total. The minimum Gasteiger partial charge on any atom is -0.478 e. The van der Waals surface area contributed by atoms with E-state index in [1.54, 1.807) is 17.0 Å². The van der Waals surface area contributed by atoms with Gasteiger partial charge in [-0.15, -0.1) is 0 Å². The summed E-state index contributed by atoms with van der Waals surface area (Å²) in [5, 5.41) is 12.0. The Bertz CT molecular complexity index is 1100. The fourth-order valence-corrected chi connectivity index (χ4v) is 6.60. The molecule has 12 heteroatoms. The number of hydrogen-bond acceptors (Lipinski definition) is 7. The predicted molar refractivity (Wildman–Crippen MR) is 138 cm³/mol. The van der Waals surface area contributed by atoms with Crippen LogP contribution in [0, 0.1) is 11.8 Å². The van der Waals surface area contributed by atoms with Gasteiger partial charge in [0.25, 0.3) is 0 Å². The molecule has 11 nitrogen and oxygen atoms in total. The van der Waals surface area contributed by atoms with E-state index in [1.165, 1.54) is 22.7 Å². The first-order valence-corrected chi connectivity index (χ1v) is 14.8. The van der Waals surface area contributed by atoms with Crippen molar-refractivity contribution in [2.24, 2.45) is 17.6 Å². The molecule has 2 aliphatic heterocycles. The zero-order chi connectivity index (χ0) is 26.7. The van der Waals surface area contributed by atoms with Crippen LogP contribution in [0.2, 0.25) is 0 Å². The molecular formula is C25H37N5O6S. The summed E-state index contributed by atoms with van der Waals surface area (Å²) >= 11 is 0. The first-order valence-electron chi connectivity index (χ1n) is 12.9. The van der Waals surface area contributed by atoms with Crippen LogP contribution in [0.3, 0.4) is 0 Å². The van der Waals surface area contributed by atoms with Gasteiger partial charge in [-0.25, -0.2) is 13.2 Å². The van der Waals surface area contributed by atoms with Crippen LogP contribution in [0.15, 0.2) is 24.3 Å². The maximum atomic E-state index is 13.6. The van der Waals surface area contributed by atoms with E-state index in [0.717, 1.165) is 25.7 Å². The summed E-state index contributed by atoms with van der Waals surface area (Å²) in [7, 11) is -3.25. The highest BCUT2D eigenvalue weighted by Crippen LogP contribution is 2.33. The molecule has 2 amide bonds. The maximum absolute atomic E-state index is 13.6. The van der Waals surface area contributed by atoms with Crippen molar-refractivity contribution >= 4 is 33.5 Å². The van der Waals surface area contributed by atoms with E-state index in [2.05, 4.69) is 10.2 Å². The minimum absolute atomic E-state index is 0.00545. The minimum atomic E-state index is -3.25. The van der Waals surface area contributed by atoms with Crippen molar-refractivity contribution in [1.82, 2.24) is 14.1 Å². The molecule has 0 aromatic heterocycles. The number of rotatable bonds is 7. The van der Waals surface area contributed by atoms with Crippen molar-refractivity contribution in [3.05, 3.63) is 29.8 Å². The smallest absolute Gasteiger partial charge is 0.335 e. The number of carboxylic acids is 1. The number of nitrogens with two attached hydrogens (primary N) is 1. The van der Waals surface area contributed by atoms with Gasteiger partial charge in [-0.05, 0) is 68.8 Å². The van der Waals surface area contributed by atoms with Gasteiger partial charge in [0.2, 0.25) is 21.8 Å². The highest BCUT2D eigenvalue weighted by atomic mass is 32.2. The first kappa shape index (κ1) is 27.5. The number of carbonyl (C=O) groups is 3. The van der Waals surface area contributed by atoms with E-state index < -0.39 is 22.0 Å². The van der Waals surface area contributed by atoms with Gasteiger partial charge in [-0.2, -0.15) is 4.31 Å². The van der Waals surface area contributed by atoms with Gasteiger partial charge in [0, 0.05) is 50.4 Å². The topological polar surface area (TPSA) is 153 Å². The molecule has 1 aromatic carbocycles. The second-order valence-electron chi connectivity index (χ2n) is 10.4. The van der Waals surface area contributed by atoms with Crippen LogP contribution in [0.25, 0.3) is 0 Å². The highest BCUT2D eigenvalue weighted by molar-refractivity contribution is 7.88. The SMILES string of the molecule is CS(=O)(=O)N1CCN([C@H]2C[C@@H](C(=O)Nc3ccc(C(=O)O)cc3)N(C(=O)C3CCC(CN)CC3)C2)CC1. The number of nitrogens with one attached hydrogen (secondary N) is 1. The average molecular weight is 536 g/mol. The maximum Gasteiger partial charge on any atom is 0.335 e. The Balaban J connectivity index is 1.47. The van der Waals surface area contributed by atoms with E-state index in [0.29, 0.717) is 57.3 Å². The molecule has 1 aliphatic carbocycles. The van der Waals surface area contributed by atoms with Gasteiger partial charge in [0.15, 0.2) is 0 Å². The van der Waals surface area contributed by atoms with E-state index in [1.807, 2.05) is 0 Å². The summed E-state index contributed by atoms with van der Waals surface area (Å²) < 4.78 is 25.3. The van der Waals surface area contributed by atoms with Crippen LogP contribution in [0.1, 0.15) is 42.5 Å². The van der Waals surface area contributed by atoms with Crippen LogP contribution in [0.5, 0.6) is 0 Å². The van der Waals surface area contributed by atoms with Crippen LogP contribution < -0.4 is 11.1 Å². The Labute approximate surface area is 218 Å². The predicted octanol–water partition coefficient (Wildman–Crippen LogP) is 0.635. The summed E-state index contributed by atoms with van der Waals surface area (Å²) in [4.78, 5) is 42.1. The third-order valence-electron chi connectivity index (χ3n) is 8.05. The first-order chi connectivity index (χ1) is 17.6. The summed E-state index contributed by atoms with van der Waals surface area (Å²) in [5.41, 5.74) is 6.41. The second-order valence-corrected chi connectivity index (χ2v) is 12.4. The van der Waals surface area contributed by atoms with Gasteiger partial charge in [-0.1, -0.05) is 0 Å². The van der Waals surface area contributed by atoms with Crippen molar-refractivity contribution < 1.29 is 27.9 Å². The zero-order valence-electron chi connectivity index (χ0n) is 21.2. The van der Waals surface area contributed by atoms with Crippen LogP contribution in [-0.2, 0) is 19.6 Å². The quantitative estimate of drug-likeness (QED) is 0.460. The van der Waals surface area contributed by atoms with Crippen LogP contribution >= 0.6 is 0 Å². The number of benzene rings is 1. The van der Waals surface area contributed by atoms with Gasteiger partial charge < -0.3 is 21.1 Å². The van der Waals surface area contributed by atoms with E-state index in [4.69, 9.17) is 10.8 Å². The number of carbonyl (C=O) groups excluding carboxylic acids is 2. The van der Waals surface area contributed by atoms with E-state index >= 15 is 0 Å². The average Bonchev–Trinajstić information content (AvgIpc) is 3.34. The fraction of sp³-hybridized carbons (Fsp3) is 0.640. The number of aromatic carboxylic acids is 1. The summed E-state index contributed by atoms with van der Waals surface area (Å²) in [6.45, 7) is 2.92. The lowest BCUT2D eigenvalue weighted by Gasteiger charge is -2.37. The molecule has 1 aromatic rings. The van der Waals surface area contributed by atoms with Gasteiger partial charge in [-0.3, -0.25) is 14.5 Å². The second kappa shape index (κ2) is 11.5. The summed E-state index contributed by atoms with van der Waals surface area (Å²) in [6, 6.07) is 5.23. The molecule has 2 heterocycles. The lowest BCUT2D eigenvalue weighted by atomic mass is 9.81. The third-order valence-corrected chi connectivity index (χ3v) is 9.36. The molecule has 37 heavy (non-hydrogen) atoms. The molecule has 3 aliphatic rings. The monoisotopic (exact) mass is 535 g/mol. The van der Waals surface area contributed by atoms with Crippen molar-refractivity contribution in [3.63, 3.8) is 0 Å². The Morgan fingerprint density at radius 2 is 1.65 bits per heavy atom. The molecule has 0 unspecified atom stereocenters. The molecule has 2 atom stereocenters. The largest absolute Gasteiger partial charge is 0.478 e. The van der Waals surface area contributed by atoms with Crippen molar-refractivity contribution in [3.8, 4) is 0 Å². The molecule has 2 saturated heterocycles. The van der Waals surface area contributed by atoms with Crippen LogP contribution in [0.4, 0.5) is 5.69 Å². The molecule has 204 valence electrons. The Morgan fingerprint density at radius 1 is 1.03 bits per heavy atom. The molecule has 3 fully saturated rings. The molecular weight excluding hydrogens is 498 g/mol. The number of sulfonamides is 1. The number of carboxylic acid groups (broad SMARTS) is 1. The summed E-state index contributed by atoms with van der Waals surface area (Å²) in [6.07, 6.45) is 5.01. The molecule has 4 rings (SSSR count). The number of likely N-dealkylation sites (tertiary alicyclic amines) is 1. The van der Waals surface area contributed by atoms with Crippen molar-refractivity contribution in [1.29, 1.82) is 0 Å². The standard InChI is InChI=1S/C25H37N5O6S/c1-37(35,36)29-12-10-28(11-13-29)21-14-22(23(31)27-20-8-6-19(7-9-20)25(33)34)30(16-21)24(32)18-4-2-17(15-26)3-5-18/h6-9,17-18,21-22H,2-5,10-16,26H2,1H3,(H,27,31)(H,33,34)/t17?,18?,21-,22-/m0/s1. The number of amides is 2. The number of hydrogen-bond donors (Lipinski definition) is 3. The Morgan fingerprint density at radius 3 is 2.19 bits per heavy atom. The zero-order valence-corrected chi connectivity index (χ0v) is 22.0. The van der Waals surface area contributed by atoms with Gasteiger partial charge in [0.05, 0.1) is 11.8 Å². The van der Waals surface area contributed by atoms with Gasteiger partial charge >= 0.3 is 5.97 Å². The number of nitrogens with zero attached hydrogens (tertiary/aromatic N) is 3. The number of piperazine rings is 1. The normalized spacial score (nSPS) is 27.7. The Kier molecular flexibility index (Phi) is 8.52. The lowest BCUT2D eigenvalue weighted by molar-refractivity contribution is -0.141. The van der Waals surface area contributed by atoms with E-state index in [-0.39, 0.29) is 29.3 Å². The fourth-order valence-electron chi connectivity index (χ4n) is 5.77. The van der Waals surface area contributed by atoms with Crippen molar-refractivity contribution in [2.45, 2.75) is 44.2 Å². The third kappa shape index (κ3) is 6.49. The molecule has 0 bridgehead atoms. The number of anilines is 1. The summed E-state index contributed by atoms with van der Waals surface area (Å²) in [5.74, 6) is -1.05. The van der Waals surface area contributed by atoms with E-state index in [9.17, 15) is 22.8 Å². The van der Waals surface area contributed by atoms with Gasteiger partial charge in [0.1, 0.15) is 6.04 Å². The highest BCUT2D eigenvalue weighted by Gasteiger charge is 2.44. The van der Waals surface area contributed by atoms with Crippen molar-refractivity contribution in [2.75, 3.05) is 50.8 Å². The lowest BCUT2D eigenvalue weighted by Crippen LogP contribution is -2.52. The Hall–Kier alpha value is -2.54. The molecule has 1 saturated carbocycles. The van der Waals surface area contributed by atoms with Crippen LogP contribution in [-0.4, -0.2) is 103 Å². The molecule has 0 radical (unpaired) electrons. The molecule has 0 spiro atoms.